The van der Waals surface area contributed by atoms with Gasteiger partial charge in [0.25, 0.3) is 0 Å². The van der Waals surface area contributed by atoms with Crippen molar-refractivity contribution in [2.24, 2.45) is 0 Å². The van der Waals surface area contributed by atoms with Crippen molar-refractivity contribution in [1.82, 2.24) is 0 Å². The molecule has 8 aromatic carbocycles. The normalized spacial score (nSPS) is 10.7. The van der Waals surface area contributed by atoms with Crippen LogP contribution in [0.3, 0.4) is 0 Å². The van der Waals surface area contributed by atoms with E-state index in [1.807, 2.05) is 6.07 Å². The zero-order chi connectivity index (χ0) is 31.7. The van der Waals surface area contributed by atoms with E-state index in [1.165, 1.54) is 93.1 Å². The van der Waals surface area contributed by atoms with Crippen LogP contribution < -0.4 is 0 Å². The number of benzene rings is 6. The second-order valence-corrected chi connectivity index (χ2v) is 12.8. The molecule has 0 aliphatic heterocycles. The quantitative estimate of drug-likeness (QED) is 0.160. The molecule has 0 nitrogen and oxygen atoms in total. The van der Waals surface area contributed by atoms with Gasteiger partial charge in [-0.15, -0.1) is 74.3 Å². The first-order valence-electron chi connectivity index (χ1n) is 16.1. The van der Waals surface area contributed by atoms with Crippen LogP contribution in [0.5, 0.6) is 0 Å². The Kier molecular flexibility index (Phi) is 10.4. The molecule has 8 aromatic rings. The maximum absolute atomic E-state index is 2.32. The van der Waals surface area contributed by atoms with Crippen molar-refractivity contribution >= 4 is 35.5 Å². The van der Waals surface area contributed by atoms with Gasteiger partial charge < -0.3 is 0 Å². The first kappa shape index (κ1) is 31.5. The minimum Gasteiger partial charge on any atom is -0.145 e. The van der Waals surface area contributed by atoms with Crippen LogP contribution in [-0.4, -0.2) is 3.21 Å². The Balaban J connectivity index is 0.000000122. The fourth-order valence-corrected chi connectivity index (χ4v) is 6.70. The molecular weight excluding hydrogens is 632 g/mol. The second-order valence-electron chi connectivity index (χ2n) is 11.5. The Morgan fingerprint density at radius 1 is 0.478 bits per heavy atom. The molecule has 0 aromatic heterocycles. The zero-order valence-corrected chi connectivity index (χ0v) is 29.0. The summed E-state index contributed by atoms with van der Waals surface area (Å²) < 4.78 is 1.42. The maximum atomic E-state index is 2.32. The van der Waals surface area contributed by atoms with Gasteiger partial charge in [-0.25, -0.2) is 0 Å². The first-order valence-corrected chi connectivity index (χ1v) is 17.4. The molecule has 8 rings (SSSR count). The monoisotopic (exact) mass is 668 g/mol. The van der Waals surface area contributed by atoms with Crippen LogP contribution in [0.25, 0.3) is 43.4 Å². The fourth-order valence-electron chi connectivity index (χ4n) is 5.89. The van der Waals surface area contributed by atoms with E-state index in [0.29, 0.717) is 0 Å². The molecule has 222 valence electrons. The molecule has 0 radical (unpaired) electrons. The fraction of sp³-hybridized carbons (Fsp3) is 0.0889. The molecule has 0 saturated heterocycles. The van der Waals surface area contributed by atoms with Crippen molar-refractivity contribution in [3.05, 3.63) is 192 Å². The molecule has 0 fully saturated rings. The van der Waals surface area contributed by atoms with Gasteiger partial charge in [0, 0.05) is 0 Å². The van der Waals surface area contributed by atoms with Gasteiger partial charge in [0.15, 0.2) is 0 Å². The third kappa shape index (κ3) is 7.50. The van der Waals surface area contributed by atoms with Crippen LogP contribution in [0.1, 0.15) is 36.1 Å². The van der Waals surface area contributed by atoms with E-state index in [0.717, 1.165) is 12.8 Å². The minimum atomic E-state index is 1.11. The molecule has 46 heavy (non-hydrogen) atoms. The van der Waals surface area contributed by atoms with Gasteiger partial charge in [0.2, 0.25) is 0 Å². The van der Waals surface area contributed by atoms with Crippen molar-refractivity contribution < 1.29 is 24.2 Å². The average Bonchev–Trinajstić information content (AvgIpc) is 3.74. The Hall–Kier alpha value is -4.45. The van der Waals surface area contributed by atoms with E-state index < -0.39 is 0 Å². The Bertz CT molecular complexity index is 2030. The van der Waals surface area contributed by atoms with Crippen LogP contribution in [-0.2, 0) is 37.1 Å². The van der Waals surface area contributed by atoms with Crippen molar-refractivity contribution in [3.8, 4) is 11.1 Å². The number of rotatable bonds is 5. The van der Waals surface area contributed by atoms with Crippen LogP contribution >= 0.6 is 0 Å². The van der Waals surface area contributed by atoms with Crippen molar-refractivity contribution in [1.29, 1.82) is 0 Å². The number of aryl methyl sites for hydroxylation is 2. The summed E-state index contributed by atoms with van der Waals surface area (Å²) >= 11 is 1.46. The molecule has 0 amide bonds. The predicted octanol–water partition coefficient (Wildman–Crippen LogP) is 11.9. The molecule has 0 atom stereocenters. The Morgan fingerprint density at radius 3 is 1.46 bits per heavy atom. The van der Waals surface area contributed by atoms with Crippen LogP contribution in [0, 0.1) is 0 Å². The van der Waals surface area contributed by atoms with Gasteiger partial charge in [-0.05, 0) is 12.8 Å². The van der Waals surface area contributed by atoms with Gasteiger partial charge in [-0.2, -0.15) is 0 Å². The molecule has 1 heteroatoms. The predicted molar refractivity (Wildman–Crippen MR) is 197 cm³/mol. The molecule has 0 aliphatic rings. The largest absolute Gasteiger partial charge is 0.145 e. The molecule has 0 unspecified atom stereocenters. The summed E-state index contributed by atoms with van der Waals surface area (Å²) in [7, 11) is 0. The van der Waals surface area contributed by atoms with E-state index in [1.54, 1.807) is 0 Å². The van der Waals surface area contributed by atoms with Gasteiger partial charge >= 0.3 is 99.2 Å². The van der Waals surface area contributed by atoms with E-state index in [-0.39, 0.29) is 0 Å². The smallest absolute Gasteiger partial charge is 0.0635 e. The van der Waals surface area contributed by atoms with E-state index in [9.17, 15) is 0 Å². The first-order chi connectivity index (χ1) is 22.6. The summed E-state index contributed by atoms with van der Waals surface area (Å²) in [6, 6.07) is 60.5. The molecule has 0 saturated carbocycles. The average molecular weight is 670 g/mol. The summed E-state index contributed by atoms with van der Waals surface area (Å²) in [6.07, 6.45) is 2.22. The van der Waals surface area contributed by atoms with E-state index in [2.05, 4.69) is 178 Å². The van der Waals surface area contributed by atoms with E-state index >= 15 is 0 Å². The van der Waals surface area contributed by atoms with Crippen molar-refractivity contribution in [2.75, 3.05) is 0 Å². The maximum Gasteiger partial charge on any atom is -0.0635 e. The molecule has 0 spiro atoms. The molecule has 0 heterocycles. The Labute approximate surface area is 288 Å². The standard InChI is InChI=1S/C17H17.C15H11.C13H10.Zr/c1-3-12-5-7-16-14(9-12)11-15-10-13(4-2)6-8-17(15)16;1-2-6-12(7-3-1)15-10-13-8-4-5-9-14(13)11-15;1-3-7-12(8-4-1)11-13-9-5-2-6-10-13;/h5-11H,3-4H2,1-2H3;1-11H;1-10H;/q2*-1;;+2. The molecule has 0 N–H and O–H groups in total. The summed E-state index contributed by atoms with van der Waals surface area (Å²) in [6.45, 7) is 4.41. The number of fused-ring (bicyclic) bond motifs is 4. The third-order valence-electron chi connectivity index (χ3n) is 8.50. The minimum absolute atomic E-state index is 1.11. The summed E-state index contributed by atoms with van der Waals surface area (Å²) in [5.41, 5.74) is 8.09. The summed E-state index contributed by atoms with van der Waals surface area (Å²) in [5, 5.41) is 8.17. The third-order valence-corrected chi connectivity index (χ3v) is 9.92. The number of hydrogen-bond acceptors (Lipinski definition) is 0. The number of hydrogen-bond donors (Lipinski definition) is 0. The van der Waals surface area contributed by atoms with E-state index in [4.69, 9.17) is 0 Å². The SMILES string of the molecule is CCc1ccc2c(c1)[cH-]c1cc(CC)ccc12.[Zr+2]=[C](c1ccccc1)c1ccccc1.c1ccc(-c2cc3ccccc3[cH-]2)cc1. The second kappa shape index (κ2) is 15.2. The zero-order valence-electron chi connectivity index (χ0n) is 26.6. The summed E-state index contributed by atoms with van der Waals surface area (Å²) in [5.74, 6) is 0. The van der Waals surface area contributed by atoms with Gasteiger partial charge in [0.1, 0.15) is 0 Å². The van der Waals surface area contributed by atoms with Gasteiger partial charge in [0.05, 0.1) is 0 Å². The van der Waals surface area contributed by atoms with Crippen LogP contribution in [0.2, 0.25) is 0 Å². The Morgan fingerprint density at radius 2 is 0.957 bits per heavy atom. The van der Waals surface area contributed by atoms with Crippen molar-refractivity contribution in [3.63, 3.8) is 0 Å². The molecular formula is C45H38Zr. The molecule has 0 bridgehead atoms. The molecule has 0 aliphatic carbocycles. The van der Waals surface area contributed by atoms with Gasteiger partial charge in [-0.3, -0.25) is 0 Å². The topological polar surface area (TPSA) is 0 Å². The van der Waals surface area contributed by atoms with Crippen molar-refractivity contribution in [2.45, 2.75) is 26.7 Å². The summed E-state index contributed by atoms with van der Waals surface area (Å²) in [4.78, 5) is 0. The van der Waals surface area contributed by atoms with Crippen LogP contribution in [0.15, 0.2) is 170 Å². The van der Waals surface area contributed by atoms with Gasteiger partial charge in [-0.1, -0.05) is 103 Å². The van der Waals surface area contributed by atoms with Crippen LogP contribution in [0.4, 0.5) is 0 Å².